The lowest BCUT2D eigenvalue weighted by Crippen LogP contribution is -2.05. The van der Waals surface area contributed by atoms with Crippen molar-refractivity contribution in [3.63, 3.8) is 0 Å². The number of aliphatic hydroxyl groups excluding tert-OH is 1. The molecule has 0 bridgehead atoms. The third kappa shape index (κ3) is 10.5. The Hall–Kier alpha value is -0.0400. The van der Waals surface area contributed by atoms with E-state index in [1.165, 1.54) is 70.6 Å². The van der Waals surface area contributed by atoms with Gasteiger partial charge in [-0.25, -0.2) is 0 Å². The first kappa shape index (κ1) is 16.0. The fraction of sp³-hybridized carbons (Fsp3) is 1.00. The van der Waals surface area contributed by atoms with Crippen molar-refractivity contribution in [2.75, 3.05) is 6.61 Å². The van der Waals surface area contributed by atoms with E-state index in [2.05, 4.69) is 13.8 Å². The van der Waals surface area contributed by atoms with Gasteiger partial charge in [0, 0.05) is 6.61 Å². The average Bonchev–Trinajstić information content (AvgIpc) is 2.31. The summed E-state index contributed by atoms with van der Waals surface area (Å²) in [5.74, 6) is 0.574. The molecule has 1 atom stereocenters. The summed E-state index contributed by atoms with van der Waals surface area (Å²) < 4.78 is 0. The van der Waals surface area contributed by atoms with Crippen molar-refractivity contribution in [2.24, 2.45) is 5.92 Å². The molecule has 0 radical (unpaired) electrons. The topological polar surface area (TPSA) is 20.2 Å². The van der Waals surface area contributed by atoms with Crippen molar-refractivity contribution in [1.82, 2.24) is 0 Å². The Bertz CT molecular complexity index is 123. The third-order valence-electron chi connectivity index (χ3n) is 3.42. The zero-order valence-corrected chi connectivity index (χ0v) is 11.5. The highest BCUT2D eigenvalue weighted by atomic mass is 16.3. The quantitative estimate of drug-likeness (QED) is 0.470. The van der Waals surface area contributed by atoms with Crippen molar-refractivity contribution >= 4 is 0 Å². The van der Waals surface area contributed by atoms with E-state index < -0.39 is 0 Å². The van der Waals surface area contributed by atoms with Gasteiger partial charge in [0.15, 0.2) is 0 Å². The summed E-state index contributed by atoms with van der Waals surface area (Å²) in [7, 11) is 0. The summed E-state index contributed by atoms with van der Waals surface area (Å²) >= 11 is 0. The molecule has 0 aromatic rings. The van der Waals surface area contributed by atoms with Gasteiger partial charge in [0.05, 0.1) is 0 Å². The summed E-state index contributed by atoms with van der Waals surface area (Å²) in [5, 5.41) is 9.16. The van der Waals surface area contributed by atoms with E-state index in [0.29, 0.717) is 12.5 Å². The average molecular weight is 228 g/mol. The molecule has 0 aliphatic carbocycles. The molecule has 1 heteroatoms. The van der Waals surface area contributed by atoms with Crippen molar-refractivity contribution in [1.29, 1.82) is 0 Å². The van der Waals surface area contributed by atoms with Gasteiger partial charge in [-0.15, -0.1) is 0 Å². The lowest BCUT2D eigenvalue weighted by atomic mass is 9.97. The Morgan fingerprint density at radius 2 is 1.25 bits per heavy atom. The standard InChI is InChI=1S/C15H32O/c1-3-5-6-7-8-9-10-11-13-15(14-16)12-4-2/h15-16H,3-14H2,1-2H3. The van der Waals surface area contributed by atoms with E-state index in [-0.39, 0.29) is 0 Å². The number of unbranched alkanes of at least 4 members (excludes halogenated alkanes) is 7. The number of rotatable bonds is 12. The zero-order chi connectivity index (χ0) is 12.1. The Balaban J connectivity index is 3.12. The molecule has 0 saturated carbocycles. The molecule has 1 nitrogen and oxygen atoms in total. The molecule has 0 aromatic carbocycles. The number of hydrogen-bond donors (Lipinski definition) is 1. The van der Waals surface area contributed by atoms with Crippen molar-refractivity contribution < 1.29 is 5.11 Å². The van der Waals surface area contributed by atoms with Crippen LogP contribution in [0.1, 0.15) is 84.5 Å². The molecular formula is C15H32O. The van der Waals surface area contributed by atoms with Crippen LogP contribution in [-0.4, -0.2) is 11.7 Å². The first-order chi connectivity index (χ1) is 7.85. The molecule has 0 saturated heterocycles. The Morgan fingerprint density at radius 3 is 1.75 bits per heavy atom. The molecule has 16 heavy (non-hydrogen) atoms. The van der Waals surface area contributed by atoms with Crippen molar-refractivity contribution in [3.05, 3.63) is 0 Å². The summed E-state index contributed by atoms with van der Waals surface area (Å²) in [6.07, 6.45) is 14.7. The van der Waals surface area contributed by atoms with Crippen molar-refractivity contribution in [2.45, 2.75) is 84.5 Å². The van der Waals surface area contributed by atoms with E-state index in [1.54, 1.807) is 0 Å². The van der Waals surface area contributed by atoms with Crippen LogP contribution in [-0.2, 0) is 0 Å². The van der Waals surface area contributed by atoms with Crippen LogP contribution in [0.2, 0.25) is 0 Å². The van der Waals surface area contributed by atoms with Gasteiger partial charge in [-0.2, -0.15) is 0 Å². The minimum Gasteiger partial charge on any atom is -0.396 e. The summed E-state index contributed by atoms with van der Waals surface area (Å²) in [4.78, 5) is 0. The third-order valence-corrected chi connectivity index (χ3v) is 3.42. The van der Waals surface area contributed by atoms with Crippen LogP contribution >= 0.6 is 0 Å². The van der Waals surface area contributed by atoms with E-state index in [4.69, 9.17) is 5.11 Å². The minimum absolute atomic E-state index is 0.393. The molecule has 98 valence electrons. The minimum atomic E-state index is 0.393. The molecule has 1 N–H and O–H groups in total. The molecule has 0 aromatic heterocycles. The lowest BCUT2D eigenvalue weighted by Gasteiger charge is -2.12. The summed E-state index contributed by atoms with van der Waals surface area (Å²) in [5.41, 5.74) is 0. The van der Waals surface area contributed by atoms with Gasteiger partial charge in [-0.05, 0) is 18.8 Å². The van der Waals surface area contributed by atoms with Gasteiger partial charge in [-0.3, -0.25) is 0 Å². The molecule has 0 spiro atoms. The largest absolute Gasteiger partial charge is 0.396 e. The number of aliphatic hydroxyl groups is 1. The predicted octanol–water partition coefficient (Wildman–Crippen LogP) is 4.93. The zero-order valence-electron chi connectivity index (χ0n) is 11.5. The molecular weight excluding hydrogens is 196 g/mol. The highest BCUT2D eigenvalue weighted by Crippen LogP contribution is 2.16. The fourth-order valence-electron chi connectivity index (χ4n) is 2.30. The highest BCUT2D eigenvalue weighted by Gasteiger charge is 2.05. The van der Waals surface area contributed by atoms with Crippen LogP contribution in [0.3, 0.4) is 0 Å². The normalized spacial score (nSPS) is 12.9. The maximum atomic E-state index is 9.16. The summed E-state index contributed by atoms with van der Waals surface area (Å²) in [6.45, 7) is 4.86. The van der Waals surface area contributed by atoms with Gasteiger partial charge in [0.25, 0.3) is 0 Å². The second-order valence-corrected chi connectivity index (χ2v) is 5.10. The Kier molecular flexibility index (Phi) is 13.0. The Labute approximate surface area is 103 Å². The van der Waals surface area contributed by atoms with E-state index in [9.17, 15) is 0 Å². The van der Waals surface area contributed by atoms with E-state index in [0.717, 1.165) is 0 Å². The molecule has 0 fully saturated rings. The molecule has 1 unspecified atom stereocenters. The lowest BCUT2D eigenvalue weighted by molar-refractivity contribution is 0.206. The van der Waals surface area contributed by atoms with Crippen LogP contribution in [0.15, 0.2) is 0 Å². The summed E-state index contributed by atoms with van der Waals surface area (Å²) in [6, 6.07) is 0. The fourth-order valence-corrected chi connectivity index (χ4v) is 2.30. The monoisotopic (exact) mass is 228 g/mol. The van der Waals surface area contributed by atoms with Crippen LogP contribution in [0.5, 0.6) is 0 Å². The van der Waals surface area contributed by atoms with Gasteiger partial charge in [0.2, 0.25) is 0 Å². The first-order valence-corrected chi connectivity index (χ1v) is 7.46. The predicted molar refractivity (Wildman–Crippen MR) is 72.7 cm³/mol. The maximum Gasteiger partial charge on any atom is 0.0459 e. The molecule has 0 heterocycles. The molecule has 0 aliphatic heterocycles. The molecule has 0 amide bonds. The van der Waals surface area contributed by atoms with Gasteiger partial charge in [-0.1, -0.05) is 71.6 Å². The SMILES string of the molecule is CCCCCCCCCCC(CO)CCC. The van der Waals surface area contributed by atoms with Crippen LogP contribution in [0.25, 0.3) is 0 Å². The second-order valence-electron chi connectivity index (χ2n) is 5.10. The molecule has 0 rings (SSSR count). The van der Waals surface area contributed by atoms with Gasteiger partial charge >= 0.3 is 0 Å². The smallest absolute Gasteiger partial charge is 0.0459 e. The maximum absolute atomic E-state index is 9.16. The van der Waals surface area contributed by atoms with Gasteiger partial charge in [0.1, 0.15) is 0 Å². The number of hydrogen-bond acceptors (Lipinski definition) is 1. The van der Waals surface area contributed by atoms with Crippen LogP contribution in [0, 0.1) is 5.92 Å². The van der Waals surface area contributed by atoms with Gasteiger partial charge < -0.3 is 5.11 Å². The molecule has 0 aliphatic rings. The second kappa shape index (κ2) is 13.0. The highest BCUT2D eigenvalue weighted by molar-refractivity contribution is 4.57. The van der Waals surface area contributed by atoms with E-state index >= 15 is 0 Å². The first-order valence-electron chi connectivity index (χ1n) is 7.46. The van der Waals surface area contributed by atoms with Crippen molar-refractivity contribution in [3.8, 4) is 0 Å². The van der Waals surface area contributed by atoms with Crippen LogP contribution < -0.4 is 0 Å². The van der Waals surface area contributed by atoms with Crippen LogP contribution in [0.4, 0.5) is 0 Å². The van der Waals surface area contributed by atoms with E-state index in [1.807, 2.05) is 0 Å². The Morgan fingerprint density at radius 1 is 0.688 bits per heavy atom.